The molecule has 3 aromatic rings. The van der Waals surface area contributed by atoms with Crippen LogP contribution in [0, 0.1) is 11.3 Å². The minimum atomic E-state index is -4.27. The number of hydrogen-bond donors (Lipinski definition) is 1. The van der Waals surface area contributed by atoms with Crippen molar-refractivity contribution >= 4 is 44.9 Å². The molecule has 1 fully saturated rings. The third-order valence-corrected chi connectivity index (χ3v) is 9.80. The van der Waals surface area contributed by atoms with Crippen LogP contribution in [0.4, 0.5) is 0 Å². The maximum Gasteiger partial charge on any atom is 0.245 e. The zero-order chi connectivity index (χ0) is 29.6. The van der Waals surface area contributed by atoms with Gasteiger partial charge in [0.2, 0.25) is 11.8 Å². The summed E-state index contributed by atoms with van der Waals surface area (Å²) in [4.78, 5) is 28.9. The predicted octanol–water partition coefficient (Wildman–Crippen LogP) is 4.61. The van der Waals surface area contributed by atoms with E-state index in [1.165, 1.54) is 25.3 Å². The Balaban J connectivity index is 1.68. The van der Waals surface area contributed by atoms with Gasteiger partial charge in [0.25, 0.3) is 0 Å². The van der Waals surface area contributed by atoms with Crippen molar-refractivity contribution in [1.82, 2.24) is 10.2 Å². The molecule has 1 aliphatic heterocycles. The van der Waals surface area contributed by atoms with Crippen molar-refractivity contribution in [3.8, 4) is 11.8 Å². The van der Waals surface area contributed by atoms with Crippen LogP contribution in [0.2, 0.25) is 10.0 Å². The van der Waals surface area contributed by atoms with Gasteiger partial charge in [-0.25, -0.2) is 8.42 Å². The zero-order valence-corrected chi connectivity index (χ0v) is 24.7. The van der Waals surface area contributed by atoms with Crippen LogP contribution in [0.3, 0.4) is 0 Å². The highest BCUT2D eigenvalue weighted by Crippen LogP contribution is 2.28. The van der Waals surface area contributed by atoms with E-state index in [1.807, 2.05) is 0 Å². The molecule has 2 atom stereocenters. The van der Waals surface area contributed by atoms with Gasteiger partial charge in [-0.05, 0) is 72.9 Å². The van der Waals surface area contributed by atoms with Crippen LogP contribution in [-0.4, -0.2) is 56.6 Å². The fourth-order valence-corrected chi connectivity index (χ4v) is 6.70. The molecule has 1 heterocycles. The summed E-state index contributed by atoms with van der Waals surface area (Å²) < 4.78 is 33.0. The summed E-state index contributed by atoms with van der Waals surface area (Å²) in [5.41, 5.74) is 1.78. The second kappa shape index (κ2) is 13.4. The number of likely N-dealkylation sites (tertiary alicyclic amines) is 1. The Morgan fingerprint density at radius 1 is 0.951 bits per heavy atom. The first-order valence-corrected chi connectivity index (χ1v) is 15.3. The number of nitrogens with zero attached hydrogens (tertiary/aromatic N) is 2. The maximum absolute atomic E-state index is 13.9. The number of hydrogen-bond acceptors (Lipinski definition) is 6. The van der Waals surface area contributed by atoms with E-state index in [-0.39, 0.29) is 33.7 Å². The molecular formula is C30H29Cl2N3O5S. The lowest BCUT2D eigenvalue weighted by Gasteiger charge is -2.26. The van der Waals surface area contributed by atoms with Crippen molar-refractivity contribution in [2.24, 2.45) is 0 Å². The second-order valence-electron chi connectivity index (χ2n) is 9.77. The summed E-state index contributed by atoms with van der Waals surface area (Å²) in [6.07, 6.45) is 1.69. The average molecular weight is 615 g/mol. The van der Waals surface area contributed by atoms with Gasteiger partial charge in [-0.2, -0.15) is 5.26 Å². The lowest BCUT2D eigenvalue weighted by molar-refractivity contribution is -0.135. The predicted molar refractivity (Wildman–Crippen MR) is 157 cm³/mol. The van der Waals surface area contributed by atoms with E-state index in [2.05, 4.69) is 11.4 Å². The molecule has 0 saturated carbocycles. The quantitative estimate of drug-likeness (QED) is 0.357. The summed E-state index contributed by atoms with van der Waals surface area (Å²) in [6, 6.07) is 18.4. The molecule has 214 valence electrons. The van der Waals surface area contributed by atoms with Crippen LogP contribution >= 0.6 is 23.2 Å². The highest BCUT2D eigenvalue weighted by molar-refractivity contribution is 7.92. The molecular weight excluding hydrogens is 585 g/mol. The molecule has 0 aromatic heterocycles. The zero-order valence-electron chi connectivity index (χ0n) is 22.3. The number of rotatable bonds is 10. The first-order valence-electron chi connectivity index (χ1n) is 13.0. The van der Waals surface area contributed by atoms with Gasteiger partial charge in [0, 0.05) is 19.5 Å². The fourth-order valence-electron chi connectivity index (χ4n) is 4.71. The van der Waals surface area contributed by atoms with E-state index in [0.717, 1.165) is 18.4 Å². The van der Waals surface area contributed by atoms with Crippen LogP contribution in [-0.2, 0) is 32.3 Å². The molecule has 0 bridgehead atoms. The van der Waals surface area contributed by atoms with Crippen LogP contribution in [0.1, 0.15) is 29.5 Å². The largest absolute Gasteiger partial charge is 0.497 e. The van der Waals surface area contributed by atoms with E-state index in [0.29, 0.717) is 30.0 Å². The summed E-state index contributed by atoms with van der Waals surface area (Å²) in [5, 5.41) is 10.5. The minimum absolute atomic E-state index is 0.0410. The van der Waals surface area contributed by atoms with Crippen LogP contribution in [0.5, 0.6) is 5.75 Å². The third kappa shape index (κ3) is 7.39. The van der Waals surface area contributed by atoms with Crippen molar-refractivity contribution in [1.29, 1.82) is 5.26 Å². The molecule has 3 aromatic carbocycles. The first-order chi connectivity index (χ1) is 19.6. The topological polar surface area (TPSA) is 117 Å². The second-order valence-corrected chi connectivity index (χ2v) is 12.7. The van der Waals surface area contributed by atoms with Crippen molar-refractivity contribution in [3.63, 3.8) is 0 Å². The summed E-state index contributed by atoms with van der Waals surface area (Å²) >= 11 is 12.1. The van der Waals surface area contributed by atoms with Crippen molar-refractivity contribution in [3.05, 3.63) is 93.5 Å². The van der Waals surface area contributed by atoms with Gasteiger partial charge in [0.15, 0.2) is 9.84 Å². The Bertz CT molecular complexity index is 1550. The Morgan fingerprint density at radius 2 is 1.56 bits per heavy atom. The molecule has 1 saturated heterocycles. The van der Waals surface area contributed by atoms with E-state index >= 15 is 0 Å². The number of carbonyl (C=O) groups excluding carboxylic acids is 2. The Hall–Kier alpha value is -3.58. The van der Waals surface area contributed by atoms with Crippen molar-refractivity contribution in [2.45, 2.75) is 41.9 Å². The Labute approximate surface area is 249 Å². The van der Waals surface area contributed by atoms with Gasteiger partial charge in [-0.3, -0.25) is 9.59 Å². The van der Waals surface area contributed by atoms with Gasteiger partial charge in [0.05, 0.1) is 33.7 Å². The Kier molecular flexibility index (Phi) is 9.92. The van der Waals surface area contributed by atoms with Gasteiger partial charge < -0.3 is 15.0 Å². The highest BCUT2D eigenvalue weighted by atomic mass is 35.5. The molecule has 11 heteroatoms. The molecule has 41 heavy (non-hydrogen) atoms. The monoisotopic (exact) mass is 613 g/mol. The number of carbonyl (C=O) groups is 2. The van der Waals surface area contributed by atoms with E-state index < -0.39 is 27.0 Å². The Morgan fingerprint density at radius 3 is 2.15 bits per heavy atom. The SMILES string of the molecule is COc1ccc(CC(C(=O)NC(Cc2ccc(C#N)cc2)C(=O)N2CCCC2)S(=O)(=O)c2ccc(Cl)c(Cl)c2)cc1. The molecule has 0 radical (unpaired) electrons. The first kappa shape index (κ1) is 30.4. The maximum atomic E-state index is 13.9. The highest BCUT2D eigenvalue weighted by Gasteiger charge is 2.37. The van der Waals surface area contributed by atoms with Gasteiger partial charge in [0.1, 0.15) is 17.0 Å². The number of sulfone groups is 1. The lowest BCUT2D eigenvalue weighted by atomic mass is 10.0. The summed E-state index contributed by atoms with van der Waals surface area (Å²) in [7, 11) is -2.75. The number of nitriles is 1. The normalized spacial score (nSPS) is 14.6. The van der Waals surface area contributed by atoms with Gasteiger partial charge >= 0.3 is 0 Å². The smallest absolute Gasteiger partial charge is 0.245 e. The number of ether oxygens (including phenoxy) is 1. The summed E-state index contributed by atoms with van der Waals surface area (Å²) in [5.74, 6) is -0.505. The number of amides is 2. The van der Waals surface area contributed by atoms with Crippen molar-refractivity contribution in [2.75, 3.05) is 20.2 Å². The fraction of sp³-hybridized carbons (Fsp3) is 0.300. The molecule has 2 unspecified atom stereocenters. The van der Waals surface area contributed by atoms with Crippen LogP contribution < -0.4 is 10.1 Å². The van der Waals surface area contributed by atoms with Crippen molar-refractivity contribution < 1.29 is 22.7 Å². The molecule has 1 aliphatic rings. The molecule has 1 N–H and O–H groups in total. The van der Waals surface area contributed by atoms with E-state index in [4.69, 9.17) is 33.2 Å². The van der Waals surface area contributed by atoms with Gasteiger partial charge in [-0.15, -0.1) is 0 Å². The lowest BCUT2D eigenvalue weighted by Crippen LogP contribution is -2.53. The molecule has 4 rings (SSSR count). The number of methoxy groups -OCH3 is 1. The third-order valence-electron chi connectivity index (χ3n) is 7.02. The van der Waals surface area contributed by atoms with Crippen LogP contribution in [0.15, 0.2) is 71.6 Å². The molecule has 8 nitrogen and oxygen atoms in total. The minimum Gasteiger partial charge on any atom is -0.497 e. The van der Waals surface area contributed by atoms with E-state index in [1.54, 1.807) is 53.4 Å². The van der Waals surface area contributed by atoms with E-state index in [9.17, 15) is 18.0 Å². The van der Waals surface area contributed by atoms with Crippen LogP contribution in [0.25, 0.3) is 0 Å². The molecule has 0 aliphatic carbocycles. The molecule has 2 amide bonds. The number of nitrogens with one attached hydrogen (secondary N) is 1. The number of benzene rings is 3. The standard InChI is InChI=1S/C30H29Cl2N3O5S/c1-40-23-10-8-21(9-11-23)17-28(41(38,39)24-12-13-25(31)26(32)18-24)29(36)34-27(30(37)35-14-2-3-15-35)16-20-4-6-22(19-33)7-5-20/h4-13,18,27-28H,2-3,14-17H2,1H3,(H,34,36). The average Bonchev–Trinajstić information content (AvgIpc) is 3.52. The number of halogens is 2. The summed E-state index contributed by atoms with van der Waals surface area (Å²) in [6.45, 7) is 1.13. The van der Waals surface area contributed by atoms with Gasteiger partial charge in [-0.1, -0.05) is 47.5 Å². The molecule has 0 spiro atoms.